The molecule has 0 saturated heterocycles. The second-order valence-corrected chi connectivity index (χ2v) is 4.91. The second kappa shape index (κ2) is 4.81. The number of hydrogen-bond donors (Lipinski definition) is 1. The summed E-state index contributed by atoms with van der Waals surface area (Å²) >= 11 is 3.33. The number of carbonyl (C=O) groups excluding carboxylic acids is 1. The molecule has 0 aliphatic heterocycles. The average Bonchev–Trinajstić information content (AvgIpc) is 2.74. The summed E-state index contributed by atoms with van der Waals surface area (Å²) in [5.41, 5.74) is 7.48. The number of nitrogen functional groups attached to an aromatic ring is 1. The van der Waals surface area contributed by atoms with Gasteiger partial charge in [0.05, 0.1) is 17.7 Å². The van der Waals surface area contributed by atoms with E-state index in [0.717, 1.165) is 4.47 Å². The molecule has 0 aliphatic carbocycles. The van der Waals surface area contributed by atoms with Gasteiger partial charge in [-0.25, -0.2) is 4.98 Å². The number of amides is 1. The summed E-state index contributed by atoms with van der Waals surface area (Å²) in [6.45, 7) is 0. The molecule has 0 spiro atoms. The first kappa shape index (κ1) is 12.6. The fourth-order valence-corrected chi connectivity index (χ4v) is 2.01. The number of aryl methyl sites for hydroxylation is 1. The van der Waals surface area contributed by atoms with Crippen LogP contribution in [0.5, 0.6) is 0 Å². The third kappa shape index (κ3) is 2.38. The summed E-state index contributed by atoms with van der Waals surface area (Å²) in [5.74, 6) is -0.190. The monoisotopic (exact) mass is 308 g/mol. The maximum Gasteiger partial charge on any atom is 0.278 e. The average molecular weight is 309 g/mol. The van der Waals surface area contributed by atoms with Gasteiger partial charge in [-0.3, -0.25) is 4.79 Å². The van der Waals surface area contributed by atoms with Crippen LogP contribution in [0.15, 0.2) is 35.2 Å². The number of halogens is 1. The molecule has 1 aromatic carbocycles. The molecule has 94 valence electrons. The summed E-state index contributed by atoms with van der Waals surface area (Å²) < 4.78 is 2.61. The summed E-state index contributed by atoms with van der Waals surface area (Å²) in [5, 5.41) is 0. The molecule has 18 heavy (non-hydrogen) atoms. The van der Waals surface area contributed by atoms with Crippen molar-refractivity contribution in [1.82, 2.24) is 9.55 Å². The quantitative estimate of drug-likeness (QED) is 0.864. The maximum atomic E-state index is 12.2. The van der Waals surface area contributed by atoms with Gasteiger partial charge in [-0.05, 0) is 18.2 Å². The van der Waals surface area contributed by atoms with E-state index in [9.17, 15) is 4.79 Å². The Bertz CT molecular complexity index is 594. The van der Waals surface area contributed by atoms with E-state index in [1.165, 1.54) is 4.90 Å². The van der Waals surface area contributed by atoms with E-state index in [0.29, 0.717) is 17.1 Å². The lowest BCUT2D eigenvalue weighted by atomic mass is 10.2. The standard InChI is InChI=1S/C12H13BrN4O/c1-16-6-10(15-7-16)12(18)17(2)11-4-3-8(13)5-9(11)14/h3-7H,14H2,1-2H3. The number of hydrogen-bond acceptors (Lipinski definition) is 3. The molecule has 2 N–H and O–H groups in total. The number of carbonyl (C=O) groups is 1. The summed E-state index contributed by atoms with van der Waals surface area (Å²) in [6, 6.07) is 5.39. The normalized spacial score (nSPS) is 10.4. The Hall–Kier alpha value is -1.82. The zero-order valence-corrected chi connectivity index (χ0v) is 11.7. The SMILES string of the molecule is CN(C(=O)c1cn(C)cn1)c1ccc(Br)cc1N. The van der Waals surface area contributed by atoms with Gasteiger partial charge in [0.15, 0.2) is 0 Å². The molecule has 0 saturated carbocycles. The first-order valence-electron chi connectivity index (χ1n) is 5.30. The highest BCUT2D eigenvalue weighted by Crippen LogP contribution is 2.26. The van der Waals surface area contributed by atoms with Crippen LogP contribution >= 0.6 is 15.9 Å². The van der Waals surface area contributed by atoms with E-state index in [2.05, 4.69) is 20.9 Å². The summed E-state index contributed by atoms with van der Waals surface area (Å²) in [6.07, 6.45) is 3.26. The molecule has 1 heterocycles. The Labute approximate surface area is 113 Å². The number of benzene rings is 1. The number of anilines is 2. The molecular weight excluding hydrogens is 296 g/mol. The molecular formula is C12H13BrN4O. The second-order valence-electron chi connectivity index (χ2n) is 3.99. The molecule has 0 radical (unpaired) electrons. The third-order valence-electron chi connectivity index (χ3n) is 2.58. The molecule has 0 fully saturated rings. The third-order valence-corrected chi connectivity index (χ3v) is 3.07. The van der Waals surface area contributed by atoms with Crippen LogP contribution in [0.1, 0.15) is 10.5 Å². The van der Waals surface area contributed by atoms with Gasteiger partial charge in [0.25, 0.3) is 5.91 Å². The van der Waals surface area contributed by atoms with Crippen molar-refractivity contribution in [2.45, 2.75) is 0 Å². The molecule has 5 nitrogen and oxygen atoms in total. The number of nitrogens with zero attached hydrogens (tertiary/aromatic N) is 3. The minimum absolute atomic E-state index is 0.190. The minimum atomic E-state index is -0.190. The van der Waals surface area contributed by atoms with Crippen molar-refractivity contribution in [2.24, 2.45) is 7.05 Å². The Morgan fingerprint density at radius 1 is 1.50 bits per heavy atom. The van der Waals surface area contributed by atoms with E-state index in [-0.39, 0.29) is 5.91 Å². The van der Waals surface area contributed by atoms with Gasteiger partial charge in [0.2, 0.25) is 0 Å². The van der Waals surface area contributed by atoms with Crippen LogP contribution in [0.3, 0.4) is 0 Å². The van der Waals surface area contributed by atoms with Gasteiger partial charge in [-0.2, -0.15) is 0 Å². The van der Waals surface area contributed by atoms with Crippen molar-refractivity contribution in [3.8, 4) is 0 Å². The lowest BCUT2D eigenvalue weighted by Gasteiger charge is -2.18. The highest BCUT2D eigenvalue weighted by atomic mass is 79.9. The van der Waals surface area contributed by atoms with E-state index in [1.54, 1.807) is 36.3 Å². The van der Waals surface area contributed by atoms with Crippen molar-refractivity contribution in [1.29, 1.82) is 0 Å². The molecule has 6 heteroatoms. The number of imidazole rings is 1. The Morgan fingerprint density at radius 3 is 2.78 bits per heavy atom. The van der Waals surface area contributed by atoms with Gasteiger partial charge in [-0.1, -0.05) is 15.9 Å². The smallest absolute Gasteiger partial charge is 0.278 e. The highest BCUT2D eigenvalue weighted by Gasteiger charge is 2.17. The van der Waals surface area contributed by atoms with Crippen molar-refractivity contribution in [3.63, 3.8) is 0 Å². The van der Waals surface area contributed by atoms with E-state index < -0.39 is 0 Å². The van der Waals surface area contributed by atoms with Crippen molar-refractivity contribution >= 4 is 33.2 Å². The number of nitrogens with two attached hydrogens (primary N) is 1. The lowest BCUT2D eigenvalue weighted by molar-refractivity contribution is 0.0988. The molecule has 0 aliphatic rings. The zero-order chi connectivity index (χ0) is 13.3. The van der Waals surface area contributed by atoms with Crippen LogP contribution in [0.25, 0.3) is 0 Å². The Morgan fingerprint density at radius 2 is 2.22 bits per heavy atom. The van der Waals surface area contributed by atoms with E-state index in [1.807, 2.05) is 13.1 Å². The number of aromatic nitrogens is 2. The molecule has 1 amide bonds. The van der Waals surface area contributed by atoms with Crippen LogP contribution in [0, 0.1) is 0 Å². The molecule has 0 atom stereocenters. The van der Waals surface area contributed by atoms with Gasteiger partial charge in [0, 0.05) is 24.8 Å². The van der Waals surface area contributed by atoms with Crippen LogP contribution < -0.4 is 10.6 Å². The van der Waals surface area contributed by atoms with Crippen molar-refractivity contribution in [3.05, 3.63) is 40.9 Å². The fraction of sp³-hybridized carbons (Fsp3) is 0.167. The molecule has 0 unspecified atom stereocenters. The van der Waals surface area contributed by atoms with Gasteiger partial charge in [-0.15, -0.1) is 0 Å². The largest absolute Gasteiger partial charge is 0.397 e. The zero-order valence-electron chi connectivity index (χ0n) is 10.1. The molecule has 2 aromatic rings. The van der Waals surface area contributed by atoms with Crippen LogP contribution in [-0.4, -0.2) is 22.5 Å². The first-order chi connectivity index (χ1) is 8.49. The fourth-order valence-electron chi connectivity index (χ4n) is 1.64. The predicted molar refractivity (Wildman–Crippen MR) is 74.5 cm³/mol. The van der Waals surface area contributed by atoms with Crippen molar-refractivity contribution < 1.29 is 4.79 Å². The molecule has 2 rings (SSSR count). The molecule has 1 aromatic heterocycles. The minimum Gasteiger partial charge on any atom is -0.397 e. The van der Waals surface area contributed by atoms with E-state index >= 15 is 0 Å². The van der Waals surface area contributed by atoms with Crippen LogP contribution in [-0.2, 0) is 7.05 Å². The maximum absolute atomic E-state index is 12.2. The van der Waals surface area contributed by atoms with Gasteiger partial charge in [0.1, 0.15) is 5.69 Å². The van der Waals surface area contributed by atoms with Crippen LogP contribution in [0.2, 0.25) is 0 Å². The Balaban J connectivity index is 2.31. The summed E-state index contributed by atoms with van der Waals surface area (Å²) in [7, 11) is 3.49. The lowest BCUT2D eigenvalue weighted by Crippen LogP contribution is -2.27. The molecule has 0 bridgehead atoms. The highest BCUT2D eigenvalue weighted by molar-refractivity contribution is 9.10. The van der Waals surface area contributed by atoms with E-state index in [4.69, 9.17) is 5.73 Å². The van der Waals surface area contributed by atoms with Crippen molar-refractivity contribution in [2.75, 3.05) is 17.7 Å². The first-order valence-corrected chi connectivity index (χ1v) is 6.09. The number of rotatable bonds is 2. The van der Waals surface area contributed by atoms with Gasteiger partial charge < -0.3 is 15.2 Å². The van der Waals surface area contributed by atoms with Crippen LogP contribution in [0.4, 0.5) is 11.4 Å². The topological polar surface area (TPSA) is 64.2 Å². The van der Waals surface area contributed by atoms with Gasteiger partial charge >= 0.3 is 0 Å². The Kier molecular flexibility index (Phi) is 3.38. The summed E-state index contributed by atoms with van der Waals surface area (Å²) in [4.78, 5) is 17.7. The predicted octanol–water partition coefficient (Wildman–Crippen LogP) is 2.04.